The van der Waals surface area contributed by atoms with Gasteiger partial charge in [0.25, 0.3) is 0 Å². The van der Waals surface area contributed by atoms with Crippen LogP contribution >= 0.6 is 11.6 Å². The van der Waals surface area contributed by atoms with Crippen LogP contribution < -0.4 is 5.32 Å². The number of amides is 1. The van der Waals surface area contributed by atoms with Gasteiger partial charge in [0.05, 0.1) is 6.04 Å². The van der Waals surface area contributed by atoms with E-state index in [-0.39, 0.29) is 11.9 Å². The van der Waals surface area contributed by atoms with E-state index in [4.69, 9.17) is 11.6 Å². The highest BCUT2D eigenvalue weighted by Gasteiger charge is 2.10. The molecule has 0 aliphatic heterocycles. The molecule has 0 saturated carbocycles. The quantitative estimate of drug-likeness (QED) is 0.650. The zero-order valence-corrected chi connectivity index (χ0v) is 14.4. The Bertz CT molecular complexity index is 823. The van der Waals surface area contributed by atoms with Crippen LogP contribution in [0.15, 0.2) is 54.7 Å². The predicted octanol–water partition coefficient (Wildman–Crippen LogP) is 5.02. The monoisotopic (exact) mass is 340 g/mol. The van der Waals surface area contributed by atoms with Gasteiger partial charge in [-0.25, -0.2) is 0 Å². The van der Waals surface area contributed by atoms with Gasteiger partial charge >= 0.3 is 0 Å². The van der Waals surface area contributed by atoms with Gasteiger partial charge in [-0.3, -0.25) is 4.79 Å². The van der Waals surface area contributed by atoms with Crippen molar-refractivity contribution < 1.29 is 4.79 Å². The second-order valence-corrected chi connectivity index (χ2v) is 6.49. The van der Waals surface area contributed by atoms with E-state index in [2.05, 4.69) is 22.4 Å². The average Bonchev–Trinajstić information content (AvgIpc) is 2.99. The first-order valence-electron chi connectivity index (χ1n) is 8.23. The largest absolute Gasteiger partial charge is 0.361 e. The summed E-state index contributed by atoms with van der Waals surface area (Å²) in [5.41, 5.74) is 3.47. The number of para-hydroxylation sites is 1. The molecule has 0 fully saturated rings. The highest BCUT2D eigenvalue weighted by Crippen LogP contribution is 2.20. The number of hydrogen-bond acceptors (Lipinski definition) is 1. The number of aryl methyl sites for hydroxylation is 1. The SMILES string of the molecule is CC(NC(=O)CCCc1c[nH]c2ccccc12)c1ccc(Cl)cc1. The van der Waals surface area contributed by atoms with Crippen LogP contribution in [0, 0.1) is 0 Å². The first-order valence-corrected chi connectivity index (χ1v) is 8.61. The third kappa shape index (κ3) is 3.98. The van der Waals surface area contributed by atoms with E-state index < -0.39 is 0 Å². The number of carbonyl (C=O) groups is 1. The van der Waals surface area contributed by atoms with Crippen molar-refractivity contribution in [3.63, 3.8) is 0 Å². The second-order valence-electron chi connectivity index (χ2n) is 6.05. The highest BCUT2D eigenvalue weighted by atomic mass is 35.5. The Morgan fingerprint density at radius 1 is 1.17 bits per heavy atom. The zero-order chi connectivity index (χ0) is 16.9. The first-order chi connectivity index (χ1) is 11.6. The van der Waals surface area contributed by atoms with Gasteiger partial charge in [-0.05, 0) is 49.1 Å². The number of halogens is 1. The summed E-state index contributed by atoms with van der Waals surface area (Å²) in [6.45, 7) is 1.99. The van der Waals surface area contributed by atoms with Gasteiger partial charge in [0.15, 0.2) is 0 Å². The molecule has 0 aliphatic rings. The summed E-state index contributed by atoms with van der Waals surface area (Å²) in [4.78, 5) is 15.4. The van der Waals surface area contributed by atoms with E-state index in [0.717, 1.165) is 23.9 Å². The molecule has 0 radical (unpaired) electrons. The van der Waals surface area contributed by atoms with E-state index >= 15 is 0 Å². The molecule has 1 heterocycles. The minimum absolute atomic E-state index is 0.0112. The van der Waals surface area contributed by atoms with Gasteiger partial charge in [0, 0.05) is 28.5 Å². The van der Waals surface area contributed by atoms with Gasteiger partial charge in [0.1, 0.15) is 0 Å². The lowest BCUT2D eigenvalue weighted by atomic mass is 10.1. The molecule has 1 amide bonds. The third-order valence-corrected chi connectivity index (χ3v) is 4.52. The van der Waals surface area contributed by atoms with Crippen LogP contribution in [-0.2, 0) is 11.2 Å². The van der Waals surface area contributed by atoms with Crippen molar-refractivity contribution in [1.82, 2.24) is 10.3 Å². The van der Waals surface area contributed by atoms with Gasteiger partial charge < -0.3 is 10.3 Å². The summed E-state index contributed by atoms with van der Waals surface area (Å²) in [6.07, 6.45) is 4.30. The van der Waals surface area contributed by atoms with Crippen LogP contribution in [0.5, 0.6) is 0 Å². The Morgan fingerprint density at radius 3 is 2.71 bits per heavy atom. The molecule has 3 rings (SSSR count). The number of carbonyl (C=O) groups excluding carboxylic acids is 1. The maximum absolute atomic E-state index is 12.1. The van der Waals surface area contributed by atoms with Crippen molar-refractivity contribution >= 4 is 28.4 Å². The zero-order valence-electron chi connectivity index (χ0n) is 13.7. The van der Waals surface area contributed by atoms with Crippen molar-refractivity contribution in [1.29, 1.82) is 0 Å². The van der Waals surface area contributed by atoms with Crippen molar-refractivity contribution in [3.8, 4) is 0 Å². The maximum Gasteiger partial charge on any atom is 0.220 e. The molecule has 3 aromatic rings. The summed E-state index contributed by atoms with van der Waals surface area (Å²) in [5.74, 6) is 0.0808. The van der Waals surface area contributed by atoms with Gasteiger partial charge in [-0.2, -0.15) is 0 Å². The molecule has 4 heteroatoms. The van der Waals surface area contributed by atoms with Crippen molar-refractivity contribution in [3.05, 3.63) is 70.9 Å². The van der Waals surface area contributed by atoms with Crippen LogP contribution in [0.3, 0.4) is 0 Å². The van der Waals surface area contributed by atoms with E-state index in [1.54, 1.807) is 0 Å². The summed E-state index contributed by atoms with van der Waals surface area (Å²) in [7, 11) is 0. The fraction of sp³-hybridized carbons (Fsp3) is 0.250. The summed E-state index contributed by atoms with van der Waals surface area (Å²) < 4.78 is 0. The number of fused-ring (bicyclic) bond motifs is 1. The third-order valence-electron chi connectivity index (χ3n) is 4.27. The fourth-order valence-electron chi connectivity index (χ4n) is 2.93. The van der Waals surface area contributed by atoms with E-state index in [9.17, 15) is 4.79 Å². The van der Waals surface area contributed by atoms with Crippen LogP contribution in [-0.4, -0.2) is 10.9 Å². The molecule has 0 bridgehead atoms. The number of H-pyrrole nitrogens is 1. The molecule has 1 aromatic heterocycles. The Labute approximate surface area is 147 Å². The Morgan fingerprint density at radius 2 is 1.92 bits per heavy atom. The number of benzene rings is 2. The fourth-order valence-corrected chi connectivity index (χ4v) is 3.05. The van der Waals surface area contributed by atoms with Gasteiger partial charge in [-0.15, -0.1) is 0 Å². The van der Waals surface area contributed by atoms with Crippen molar-refractivity contribution in [2.75, 3.05) is 0 Å². The van der Waals surface area contributed by atoms with Gasteiger partial charge in [-0.1, -0.05) is 41.9 Å². The molecule has 1 unspecified atom stereocenters. The molecule has 124 valence electrons. The topological polar surface area (TPSA) is 44.9 Å². The Balaban J connectivity index is 1.49. The van der Waals surface area contributed by atoms with Gasteiger partial charge in [0.2, 0.25) is 5.91 Å². The molecular formula is C20H21ClN2O. The lowest BCUT2D eigenvalue weighted by Crippen LogP contribution is -2.26. The molecule has 3 nitrogen and oxygen atoms in total. The smallest absolute Gasteiger partial charge is 0.220 e. The normalized spacial score (nSPS) is 12.2. The number of aromatic nitrogens is 1. The van der Waals surface area contributed by atoms with Crippen LogP contribution in [0.25, 0.3) is 10.9 Å². The highest BCUT2D eigenvalue weighted by molar-refractivity contribution is 6.30. The van der Waals surface area contributed by atoms with Crippen LogP contribution in [0.2, 0.25) is 5.02 Å². The molecule has 0 spiro atoms. The second kappa shape index (κ2) is 7.54. The summed E-state index contributed by atoms with van der Waals surface area (Å²) in [6, 6.07) is 15.8. The summed E-state index contributed by atoms with van der Waals surface area (Å²) in [5, 5.41) is 4.99. The van der Waals surface area contributed by atoms with Crippen molar-refractivity contribution in [2.24, 2.45) is 0 Å². The lowest BCUT2D eigenvalue weighted by molar-refractivity contribution is -0.121. The van der Waals surface area contributed by atoms with E-state index in [1.165, 1.54) is 10.9 Å². The molecular weight excluding hydrogens is 320 g/mol. The minimum atomic E-state index is -0.0112. The van der Waals surface area contributed by atoms with E-state index in [1.807, 2.05) is 49.5 Å². The summed E-state index contributed by atoms with van der Waals surface area (Å²) >= 11 is 5.89. The van der Waals surface area contributed by atoms with Crippen LogP contribution in [0.1, 0.15) is 36.9 Å². The number of hydrogen-bond donors (Lipinski definition) is 2. The molecule has 0 saturated heterocycles. The number of aromatic amines is 1. The molecule has 2 N–H and O–H groups in total. The number of rotatable bonds is 6. The first kappa shape index (κ1) is 16.6. The Hall–Kier alpha value is -2.26. The van der Waals surface area contributed by atoms with Crippen LogP contribution in [0.4, 0.5) is 0 Å². The lowest BCUT2D eigenvalue weighted by Gasteiger charge is -2.14. The molecule has 24 heavy (non-hydrogen) atoms. The van der Waals surface area contributed by atoms with E-state index in [0.29, 0.717) is 11.4 Å². The predicted molar refractivity (Wildman–Crippen MR) is 99.2 cm³/mol. The molecule has 1 atom stereocenters. The molecule has 2 aromatic carbocycles. The molecule has 0 aliphatic carbocycles. The Kier molecular flexibility index (Phi) is 5.21. The average molecular weight is 341 g/mol. The minimum Gasteiger partial charge on any atom is -0.361 e. The standard InChI is InChI=1S/C20H21ClN2O/c1-14(15-9-11-17(21)12-10-15)23-20(24)8-4-5-16-13-22-19-7-3-2-6-18(16)19/h2-3,6-7,9-14,22H,4-5,8H2,1H3,(H,23,24). The maximum atomic E-state index is 12.1. The van der Waals surface area contributed by atoms with Crippen molar-refractivity contribution in [2.45, 2.75) is 32.2 Å². The number of nitrogens with one attached hydrogen (secondary N) is 2.